The smallest absolute Gasteiger partial charge is 0.0996 e. The number of anilines is 1. The highest BCUT2D eigenvalue weighted by Crippen LogP contribution is 2.36. The fraction of sp³-hybridized carbons (Fsp3) is 0.231. The summed E-state index contributed by atoms with van der Waals surface area (Å²) < 4.78 is 1.48. The Balaban J connectivity index is 2.16. The Bertz CT molecular complexity index is 522. The molecule has 0 radical (unpaired) electrons. The van der Waals surface area contributed by atoms with Crippen LogP contribution in [0, 0.1) is 6.92 Å². The van der Waals surface area contributed by atoms with Gasteiger partial charge in [-0.3, -0.25) is 0 Å². The molecule has 1 atom stereocenters. The first kappa shape index (κ1) is 12.7. The standard InChI is InChI=1S/C13H13Cl2NS/c1-8-4-3-5-10(6-8)16-9(2)11-7-12(14)17-13(11)15/h3-7,9,16H,1-2H3. The molecule has 0 aliphatic rings. The molecule has 0 aliphatic heterocycles. The zero-order chi connectivity index (χ0) is 12.4. The maximum Gasteiger partial charge on any atom is 0.0996 e. The van der Waals surface area contributed by atoms with Gasteiger partial charge < -0.3 is 5.32 Å². The van der Waals surface area contributed by atoms with Gasteiger partial charge in [-0.15, -0.1) is 11.3 Å². The summed E-state index contributed by atoms with van der Waals surface area (Å²) in [6.07, 6.45) is 0. The predicted molar refractivity (Wildman–Crippen MR) is 77.6 cm³/mol. The Morgan fingerprint density at radius 3 is 2.59 bits per heavy atom. The van der Waals surface area contributed by atoms with Crippen LogP contribution in [0.15, 0.2) is 30.3 Å². The Morgan fingerprint density at radius 2 is 2.00 bits per heavy atom. The van der Waals surface area contributed by atoms with E-state index < -0.39 is 0 Å². The van der Waals surface area contributed by atoms with Crippen molar-refractivity contribution in [3.05, 3.63) is 50.1 Å². The third kappa shape index (κ3) is 3.15. The lowest BCUT2D eigenvalue weighted by molar-refractivity contribution is 0.890. The average molecular weight is 286 g/mol. The second-order valence-electron chi connectivity index (χ2n) is 4.02. The SMILES string of the molecule is Cc1cccc(NC(C)c2cc(Cl)sc2Cl)c1. The lowest BCUT2D eigenvalue weighted by atomic mass is 10.1. The molecule has 0 bridgehead atoms. The summed E-state index contributed by atoms with van der Waals surface area (Å²) in [5.41, 5.74) is 3.37. The molecule has 2 rings (SSSR count). The summed E-state index contributed by atoms with van der Waals surface area (Å²) in [7, 11) is 0. The molecule has 0 amide bonds. The maximum atomic E-state index is 6.13. The Morgan fingerprint density at radius 1 is 1.24 bits per heavy atom. The molecule has 1 unspecified atom stereocenters. The molecule has 0 saturated carbocycles. The molecular weight excluding hydrogens is 273 g/mol. The summed E-state index contributed by atoms with van der Waals surface area (Å²) >= 11 is 13.5. The zero-order valence-electron chi connectivity index (χ0n) is 9.63. The van der Waals surface area contributed by atoms with Crippen LogP contribution in [0.3, 0.4) is 0 Å². The second-order valence-corrected chi connectivity index (χ2v) is 6.30. The molecule has 0 spiro atoms. The second kappa shape index (κ2) is 5.30. The van der Waals surface area contributed by atoms with Crippen molar-refractivity contribution < 1.29 is 0 Å². The van der Waals surface area contributed by atoms with Crippen LogP contribution in [0.1, 0.15) is 24.1 Å². The van der Waals surface area contributed by atoms with Crippen molar-refractivity contribution in [3.63, 3.8) is 0 Å². The van der Waals surface area contributed by atoms with Gasteiger partial charge in [0.05, 0.1) is 14.7 Å². The highest BCUT2D eigenvalue weighted by Gasteiger charge is 2.13. The minimum absolute atomic E-state index is 0.146. The minimum Gasteiger partial charge on any atom is -0.378 e. The summed E-state index contributed by atoms with van der Waals surface area (Å²) in [5.74, 6) is 0. The van der Waals surface area contributed by atoms with Crippen molar-refractivity contribution in [3.8, 4) is 0 Å². The van der Waals surface area contributed by atoms with Gasteiger partial charge in [0.15, 0.2) is 0 Å². The van der Waals surface area contributed by atoms with Gasteiger partial charge in [0.25, 0.3) is 0 Å². The highest BCUT2D eigenvalue weighted by molar-refractivity contribution is 7.20. The van der Waals surface area contributed by atoms with Crippen LogP contribution in [0.2, 0.25) is 8.67 Å². The summed E-state index contributed by atoms with van der Waals surface area (Å²) in [5, 5.41) is 3.42. The van der Waals surface area contributed by atoms with Gasteiger partial charge in [0.1, 0.15) is 0 Å². The minimum atomic E-state index is 0.146. The van der Waals surface area contributed by atoms with Crippen LogP contribution in [-0.4, -0.2) is 0 Å². The Kier molecular flexibility index (Phi) is 3.97. The van der Waals surface area contributed by atoms with Crippen LogP contribution >= 0.6 is 34.5 Å². The lowest BCUT2D eigenvalue weighted by Crippen LogP contribution is -2.05. The van der Waals surface area contributed by atoms with E-state index >= 15 is 0 Å². The molecule has 1 nitrogen and oxygen atoms in total. The molecule has 1 heterocycles. The van der Waals surface area contributed by atoms with Gasteiger partial charge >= 0.3 is 0 Å². The number of benzene rings is 1. The van der Waals surface area contributed by atoms with E-state index in [9.17, 15) is 0 Å². The lowest BCUT2D eigenvalue weighted by Gasteiger charge is -2.15. The van der Waals surface area contributed by atoms with Gasteiger partial charge in [0.2, 0.25) is 0 Å². The molecule has 1 aromatic heterocycles. The zero-order valence-corrected chi connectivity index (χ0v) is 12.0. The summed E-state index contributed by atoms with van der Waals surface area (Å²) in [6, 6.07) is 10.3. The van der Waals surface area contributed by atoms with Crippen molar-refractivity contribution in [1.29, 1.82) is 0 Å². The Labute approximate surface area is 115 Å². The first-order valence-electron chi connectivity index (χ1n) is 5.34. The molecule has 4 heteroatoms. The van der Waals surface area contributed by atoms with E-state index in [2.05, 4.69) is 31.3 Å². The van der Waals surface area contributed by atoms with Gasteiger partial charge in [-0.1, -0.05) is 35.3 Å². The van der Waals surface area contributed by atoms with E-state index in [1.807, 2.05) is 18.2 Å². The van der Waals surface area contributed by atoms with Crippen LogP contribution < -0.4 is 5.32 Å². The van der Waals surface area contributed by atoms with Crippen molar-refractivity contribution in [2.75, 3.05) is 5.32 Å². The van der Waals surface area contributed by atoms with E-state index in [0.717, 1.165) is 19.9 Å². The van der Waals surface area contributed by atoms with Gasteiger partial charge in [-0.25, -0.2) is 0 Å². The molecule has 2 aromatic rings. The first-order chi connectivity index (χ1) is 8.06. The van der Waals surface area contributed by atoms with E-state index in [0.29, 0.717) is 0 Å². The van der Waals surface area contributed by atoms with E-state index in [1.165, 1.54) is 16.9 Å². The topological polar surface area (TPSA) is 12.0 Å². The highest BCUT2D eigenvalue weighted by atomic mass is 35.5. The number of nitrogens with one attached hydrogen (secondary N) is 1. The third-order valence-corrected chi connectivity index (χ3v) is 4.07. The molecule has 1 aromatic carbocycles. The van der Waals surface area contributed by atoms with Crippen molar-refractivity contribution in [2.24, 2.45) is 0 Å². The van der Waals surface area contributed by atoms with Gasteiger partial charge in [-0.05, 0) is 37.6 Å². The number of hydrogen-bond donors (Lipinski definition) is 1. The van der Waals surface area contributed by atoms with E-state index in [-0.39, 0.29) is 6.04 Å². The van der Waals surface area contributed by atoms with Crippen LogP contribution in [-0.2, 0) is 0 Å². The predicted octanol–water partition coefficient (Wildman–Crippen LogP) is 5.54. The van der Waals surface area contributed by atoms with Crippen LogP contribution in [0.5, 0.6) is 0 Å². The first-order valence-corrected chi connectivity index (χ1v) is 6.91. The Hall–Kier alpha value is -0.700. The molecule has 17 heavy (non-hydrogen) atoms. The normalized spacial score (nSPS) is 12.5. The fourth-order valence-electron chi connectivity index (χ4n) is 1.71. The molecule has 0 saturated heterocycles. The van der Waals surface area contributed by atoms with Gasteiger partial charge in [0, 0.05) is 11.3 Å². The molecule has 1 N–H and O–H groups in total. The fourth-order valence-corrected chi connectivity index (χ4v) is 3.36. The number of thiophene rings is 1. The molecule has 0 fully saturated rings. The van der Waals surface area contributed by atoms with Crippen molar-refractivity contribution in [1.82, 2.24) is 0 Å². The number of halogens is 2. The number of hydrogen-bond acceptors (Lipinski definition) is 2. The number of aryl methyl sites for hydroxylation is 1. The molecule has 0 aliphatic carbocycles. The maximum absolute atomic E-state index is 6.13. The summed E-state index contributed by atoms with van der Waals surface area (Å²) in [6.45, 7) is 4.15. The van der Waals surface area contributed by atoms with E-state index in [1.54, 1.807) is 0 Å². The largest absolute Gasteiger partial charge is 0.378 e. The van der Waals surface area contributed by atoms with Crippen LogP contribution in [0.25, 0.3) is 0 Å². The molecule has 90 valence electrons. The van der Waals surface area contributed by atoms with Gasteiger partial charge in [-0.2, -0.15) is 0 Å². The van der Waals surface area contributed by atoms with E-state index in [4.69, 9.17) is 23.2 Å². The quantitative estimate of drug-likeness (QED) is 0.781. The number of rotatable bonds is 3. The third-order valence-electron chi connectivity index (χ3n) is 2.55. The van der Waals surface area contributed by atoms with Crippen molar-refractivity contribution in [2.45, 2.75) is 19.9 Å². The van der Waals surface area contributed by atoms with Crippen molar-refractivity contribution >= 4 is 40.2 Å². The molecular formula is C13H13Cl2NS. The average Bonchev–Trinajstić information content (AvgIpc) is 2.58. The summed E-state index contributed by atoms with van der Waals surface area (Å²) in [4.78, 5) is 0. The monoisotopic (exact) mass is 285 g/mol. The van der Waals surface area contributed by atoms with Crippen LogP contribution in [0.4, 0.5) is 5.69 Å².